The van der Waals surface area contributed by atoms with E-state index in [1.165, 1.54) is 77.6 Å². The number of rotatable bonds is 25. The number of nitrogens with one attached hydrogen (secondary N) is 1. The maximum atomic E-state index is 11.9. The number of ether oxygens (including phenoxy) is 4. The summed E-state index contributed by atoms with van der Waals surface area (Å²) in [6, 6.07) is -0.822. The monoisotopic (exact) mass is 695 g/mol. The van der Waals surface area contributed by atoms with Crippen molar-refractivity contribution in [3.8, 4) is 0 Å². The molecular formula is C34H65NO13. The Kier molecular flexibility index (Phi) is 21.8. The van der Waals surface area contributed by atoms with Gasteiger partial charge in [0.1, 0.15) is 48.8 Å². The topological polar surface area (TPSA) is 228 Å². The third kappa shape index (κ3) is 14.7. The highest BCUT2D eigenvalue weighted by Crippen LogP contribution is 2.30. The third-order valence-electron chi connectivity index (χ3n) is 9.36. The second kappa shape index (κ2) is 24.2. The van der Waals surface area contributed by atoms with Gasteiger partial charge < -0.3 is 65.1 Å². The minimum Gasteiger partial charge on any atom is -0.394 e. The average Bonchev–Trinajstić information content (AvgIpc) is 3.07. The number of aliphatic hydroxyl groups is 8. The van der Waals surface area contributed by atoms with Gasteiger partial charge in [0, 0.05) is 6.92 Å². The van der Waals surface area contributed by atoms with Gasteiger partial charge in [0.2, 0.25) is 5.91 Å². The molecule has 2 aliphatic rings. The Morgan fingerprint density at radius 3 is 1.65 bits per heavy atom. The van der Waals surface area contributed by atoms with Crippen molar-refractivity contribution >= 4 is 5.91 Å². The second-order valence-electron chi connectivity index (χ2n) is 13.5. The van der Waals surface area contributed by atoms with Crippen LogP contribution in [-0.4, -0.2) is 140 Å². The maximum absolute atomic E-state index is 11.9. The molecule has 0 saturated carbocycles. The Balaban J connectivity index is 1.73. The van der Waals surface area contributed by atoms with Crippen LogP contribution in [0.2, 0.25) is 0 Å². The highest BCUT2D eigenvalue weighted by Gasteiger charge is 2.50. The summed E-state index contributed by atoms with van der Waals surface area (Å²) in [6.07, 6.45) is 2.19. The Labute approximate surface area is 285 Å². The van der Waals surface area contributed by atoms with Gasteiger partial charge in [-0.1, -0.05) is 103 Å². The largest absolute Gasteiger partial charge is 0.394 e. The molecule has 0 aliphatic carbocycles. The van der Waals surface area contributed by atoms with Gasteiger partial charge >= 0.3 is 0 Å². The van der Waals surface area contributed by atoms with Crippen LogP contribution >= 0.6 is 0 Å². The lowest BCUT2D eigenvalue weighted by molar-refractivity contribution is -0.359. The molecule has 0 aromatic heterocycles. The SMILES string of the molecule is CCCCCCCCCCCCCCCCCC(O)C(COC1OC(CO)C(OC2OC(CO)C(O)C(O)C2O)C(O)C1O)NC(C)=O. The molecular weight excluding hydrogens is 630 g/mol. The fraction of sp³-hybridized carbons (Fsp3) is 0.971. The van der Waals surface area contributed by atoms with Gasteiger partial charge in [-0.2, -0.15) is 0 Å². The van der Waals surface area contributed by atoms with E-state index in [0.717, 1.165) is 25.7 Å². The molecule has 48 heavy (non-hydrogen) atoms. The van der Waals surface area contributed by atoms with Crippen molar-refractivity contribution in [3.05, 3.63) is 0 Å². The molecule has 2 heterocycles. The van der Waals surface area contributed by atoms with E-state index in [1.54, 1.807) is 0 Å². The normalized spacial score (nSPS) is 32.2. The number of carbonyl (C=O) groups excluding carboxylic acids is 1. The van der Waals surface area contributed by atoms with E-state index in [9.17, 15) is 45.6 Å². The molecule has 2 aliphatic heterocycles. The highest BCUT2D eigenvalue weighted by molar-refractivity contribution is 5.73. The predicted octanol–water partition coefficient (Wildman–Crippen LogP) is 0.754. The molecule has 1 amide bonds. The van der Waals surface area contributed by atoms with Crippen molar-refractivity contribution in [1.82, 2.24) is 5.32 Å². The Morgan fingerprint density at radius 2 is 1.15 bits per heavy atom. The molecule has 2 fully saturated rings. The number of hydrogen-bond donors (Lipinski definition) is 9. The van der Waals surface area contributed by atoms with Gasteiger partial charge in [-0.15, -0.1) is 0 Å². The van der Waals surface area contributed by atoms with Crippen LogP contribution in [0.25, 0.3) is 0 Å². The zero-order chi connectivity index (χ0) is 35.5. The van der Waals surface area contributed by atoms with E-state index in [-0.39, 0.29) is 12.5 Å². The van der Waals surface area contributed by atoms with Crippen LogP contribution in [0.1, 0.15) is 117 Å². The smallest absolute Gasteiger partial charge is 0.217 e. The summed E-state index contributed by atoms with van der Waals surface area (Å²) in [5.41, 5.74) is 0. The highest BCUT2D eigenvalue weighted by atomic mass is 16.7. The number of hydrogen-bond acceptors (Lipinski definition) is 13. The van der Waals surface area contributed by atoms with E-state index >= 15 is 0 Å². The molecule has 0 bridgehead atoms. The predicted molar refractivity (Wildman–Crippen MR) is 176 cm³/mol. The molecule has 12 unspecified atom stereocenters. The Morgan fingerprint density at radius 1 is 0.667 bits per heavy atom. The van der Waals surface area contributed by atoms with E-state index in [1.807, 2.05) is 0 Å². The van der Waals surface area contributed by atoms with Crippen molar-refractivity contribution in [2.45, 2.75) is 190 Å². The van der Waals surface area contributed by atoms with Crippen LogP contribution < -0.4 is 5.32 Å². The molecule has 12 atom stereocenters. The van der Waals surface area contributed by atoms with Crippen molar-refractivity contribution in [1.29, 1.82) is 0 Å². The molecule has 14 nitrogen and oxygen atoms in total. The summed E-state index contributed by atoms with van der Waals surface area (Å²) >= 11 is 0. The number of carbonyl (C=O) groups is 1. The van der Waals surface area contributed by atoms with Crippen molar-refractivity contribution in [3.63, 3.8) is 0 Å². The van der Waals surface area contributed by atoms with Gasteiger partial charge in [-0.25, -0.2) is 0 Å². The summed E-state index contributed by atoms with van der Waals surface area (Å²) in [7, 11) is 0. The van der Waals surface area contributed by atoms with Crippen molar-refractivity contribution < 1.29 is 64.6 Å². The van der Waals surface area contributed by atoms with Gasteiger partial charge in [-0.05, 0) is 6.42 Å². The first-order valence-electron chi connectivity index (χ1n) is 18.2. The minimum absolute atomic E-state index is 0.260. The van der Waals surface area contributed by atoms with E-state index < -0.39 is 86.8 Å². The van der Waals surface area contributed by atoms with Crippen LogP contribution in [0.4, 0.5) is 0 Å². The fourth-order valence-corrected chi connectivity index (χ4v) is 6.33. The number of unbranched alkanes of at least 4 members (excludes halogenated alkanes) is 14. The fourth-order valence-electron chi connectivity index (χ4n) is 6.33. The summed E-state index contributed by atoms with van der Waals surface area (Å²) in [5.74, 6) is -0.384. The Bertz CT molecular complexity index is 837. The molecule has 284 valence electrons. The molecule has 0 spiro atoms. The summed E-state index contributed by atoms with van der Waals surface area (Å²) in [4.78, 5) is 11.9. The standard InChI is InChI=1S/C34H65NO13/c1-3-4-5-6-7-8-9-10-11-12-13-14-15-16-17-18-24(39)23(35-22(2)38)21-45-33-31(44)29(42)32(26(20-37)47-33)48-34-30(43)28(41)27(40)25(19-36)46-34/h23-34,36-37,39-44H,3-21H2,1-2H3,(H,35,38). The molecule has 0 radical (unpaired) electrons. The van der Waals surface area contributed by atoms with Crippen LogP contribution in [0.15, 0.2) is 0 Å². The first kappa shape index (κ1) is 43.2. The van der Waals surface area contributed by atoms with E-state index in [4.69, 9.17) is 18.9 Å². The maximum Gasteiger partial charge on any atom is 0.217 e. The van der Waals surface area contributed by atoms with E-state index in [0.29, 0.717) is 6.42 Å². The van der Waals surface area contributed by atoms with Crippen LogP contribution in [-0.2, 0) is 23.7 Å². The molecule has 14 heteroatoms. The average molecular weight is 696 g/mol. The summed E-state index contributed by atoms with van der Waals surface area (Å²) < 4.78 is 22.2. The number of aliphatic hydroxyl groups excluding tert-OH is 8. The van der Waals surface area contributed by atoms with Crippen LogP contribution in [0, 0.1) is 0 Å². The lowest BCUT2D eigenvalue weighted by Crippen LogP contribution is -2.65. The molecule has 2 saturated heterocycles. The van der Waals surface area contributed by atoms with Gasteiger partial charge in [-0.3, -0.25) is 4.79 Å². The van der Waals surface area contributed by atoms with Crippen molar-refractivity contribution in [2.75, 3.05) is 19.8 Å². The lowest BCUT2D eigenvalue weighted by atomic mass is 9.97. The molecule has 9 N–H and O–H groups in total. The first-order valence-corrected chi connectivity index (χ1v) is 18.2. The third-order valence-corrected chi connectivity index (χ3v) is 9.36. The zero-order valence-corrected chi connectivity index (χ0v) is 29.0. The minimum atomic E-state index is -1.77. The first-order chi connectivity index (χ1) is 23.0. The van der Waals surface area contributed by atoms with Crippen LogP contribution in [0.5, 0.6) is 0 Å². The Hall–Kier alpha value is -1.01. The number of amides is 1. The van der Waals surface area contributed by atoms with Gasteiger partial charge in [0.25, 0.3) is 0 Å². The van der Waals surface area contributed by atoms with Gasteiger partial charge in [0.05, 0.1) is 32.0 Å². The summed E-state index contributed by atoms with van der Waals surface area (Å²) in [5, 5.41) is 84.7. The lowest BCUT2D eigenvalue weighted by Gasteiger charge is -2.46. The van der Waals surface area contributed by atoms with Crippen LogP contribution in [0.3, 0.4) is 0 Å². The quantitative estimate of drug-likeness (QED) is 0.0602. The van der Waals surface area contributed by atoms with E-state index in [2.05, 4.69) is 12.2 Å². The van der Waals surface area contributed by atoms with Crippen molar-refractivity contribution in [2.24, 2.45) is 0 Å². The molecule has 0 aromatic rings. The van der Waals surface area contributed by atoms with Gasteiger partial charge in [0.15, 0.2) is 12.6 Å². The molecule has 2 rings (SSSR count). The second-order valence-corrected chi connectivity index (χ2v) is 13.5. The zero-order valence-electron chi connectivity index (χ0n) is 29.0. The molecule has 0 aromatic carbocycles. The summed E-state index contributed by atoms with van der Waals surface area (Å²) in [6.45, 7) is 1.89.